The zero-order valence-electron chi connectivity index (χ0n) is 10.7. The lowest BCUT2D eigenvalue weighted by Crippen LogP contribution is -2.36. The Hall–Kier alpha value is -0.960. The van der Waals surface area contributed by atoms with Crippen LogP contribution in [0.4, 0.5) is 0 Å². The van der Waals surface area contributed by atoms with E-state index in [1.54, 1.807) is 13.0 Å². The highest BCUT2D eigenvalue weighted by Gasteiger charge is 2.22. The van der Waals surface area contributed by atoms with Gasteiger partial charge in [-0.2, -0.15) is 0 Å². The van der Waals surface area contributed by atoms with Crippen LogP contribution in [0.1, 0.15) is 11.5 Å². The average molecular weight is 278 g/mol. The summed E-state index contributed by atoms with van der Waals surface area (Å²) in [6.45, 7) is 1.76. The largest absolute Gasteiger partial charge is 0.389 e. The lowest BCUT2D eigenvalue weighted by molar-refractivity contribution is 0.0554. The van der Waals surface area contributed by atoms with Crippen molar-refractivity contribution in [1.29, 1.82) is 0 Å². The maximum atomic E-state index is 11.9. The van der Waals surface area contributed by atoms with Crippen molar-refractivity contribution >= 4 is 10.0 Å². The minimum atomic E-state index is -3.52. The van der Waals surface area contributed by atoms with E-state index in [2.05, 4.69) is 5.16 Å². The molecule has 1 heterocycles. The van der Waals surface area contributed by atoms with Gasteiger partial charge in [-0.3, -0.25) is 0 Å². The minimum Gasteiger partial charge on any atom is -0.389 e. The molecule has 1 unspecified atom stereocenters. The van der Waals surface area contributed by atoms with Crippen LogP contribution in [0.15, 0.2) is 10.6 Å². The molecule has 1 atom stereocenters. The second-order valence-corrected chi connectivity index (χ2v) is 6.15. The van der Waals surface area contributed by atoms with E-state index in [4.69, 9.17) is 9.26 Å². The van der Waals surface area contributed by atoms with Crippen molar-refractivity contribution in [2.45, 2.75) is 18.8 Å². The van der Waals surface area contributed by atoms with Crippen LogP contribution in [0.25, 0.3) is 0 Å². The molecule has 1 rings (SSSR count). The minimum absolute atomic E-state index is 0.0208. The molecule has 0 aromatic carbocycles. The molecule has 0 saturated carbocycles. The van der Waals surface area contributed by atoms with Gasteiger partial charge in [-0.25, -0.2) is 12.7 Å². The molecule has 8 heteroatoms. The summed E-state index contributed by atoms with van der Waals surface area (Å²) in [6, 6.07) is 1.57. The molecule has 0 aliphatic carbocycles. The number of ether oxygens (including phenoxy) is 1. The van der Waals surface area contributed by atoms with E-state index in [9.17, 15) is 13.5 Å². The van der Waals surface area contributed by atoms with Crippen LogP contribution in [0.2, 0.25) is 0 Å². The zero-order valence-corrected chi connectivity index (χ0v) is 11.5. The first-order valence-electron chi connectivity index (χ1n) is 5.38. The number of nitrogens with zero attached hydrogens (tertiary/aromatic N) is 2. The summed E-state index contributed by atoms with van der Waals surface area (Å²) in [5.41, 5.74) is 0.348. The molecular weight excluding hydrogens is 260 g/mol. The van der Waals surface area contributed by atoms with Gasteiger partial charge in [-0.15, -0.1) is 0 Å². The number of hydrogen-bond donors (Lipinski definition) is 1. The topological polar surface area (TPSA) is 92.9 Å². The molecular formula is C10H18N2O5S. The van der Waals surface area contributed by atoms with Crippen molar-refractivity contribution < 1.29 is 22.8 Å². The highest BCUT2D eigenvalue weighted by molar-refractivity contribution is 7.88. The number of rotatable bonds is 7. The Bertz CT molecular complexity index is 470. The molecule has 0 radical (unpaired) electrons. The molecule has 104 valence electrons. The molecule has 1 N–H and O–H groups in total. The lowest BCUT2D eigenvalue weighted by Gasteiger charge is -2.19. The van der Waals surface area contributed by atoms with Crippen LogP contribution < -0.4 is 0 Å². The summed E-state index contributed by atoms with van der Waals surface area (Å²) < 4.78 is 34.5. The van der Waals surface area contributed by atoms with Crippen LogP contribution in [0.5, 0.6) is 0 Å². The number of aromatic nitrogens is 1. The summed E-state index contributed by atoms with van der Waals surface area (Å²) in [4.78, 5) is 0. The Labute approximate surface area is 106 Å². The second-order valence-electron chi connectivity index (χ2n) is 4.07. The third-order valence-corrected chi connectivity index (χ3v) is 4.07. The van der Waals surface area contributed by atoms with E-state index in [0.717, 1.165) is 4.31 Å². The number of aryl methyl sites for hydroxylation is 1. The molecule has 0 bridgehead atoms. The van der Waals surface area contributed by atoms with E-state index < -0.39 is 16.1 Å². The van der Waals surface area contributed by atoms with Gasteiger partial charge in [0.25, 0.3) is 0 Å². The van der Waals surface area contributed by atoms with Crippen LogP contribution in [0.3, 0.4) is 0 Å². The van der Waals surface area contributed by atoms with E-state index >= 15 is 0 Å². The Morgan fingerprint density at radius 2 is 2.28 bits per heavy atom. The number of sulfonamides is 1. The molecule has 0 aliphatic heterocycles. The number of likely N-dealkylation sites (N-methyl/N-ethyl adjacent to an activating group) is 1. The van der Waals surface area contributed by atoms with E-state index in [-0.39, 0.29) is 18.9 Å². The van der Waals surface area contributed by atoms with Crippen LogP contribution >= 0.6 is 0 Å². The van der Waals surface area contributed by atoms with Gasteiger partial charge in [-0.1, -0.05) is 5.16 Å². The quantitative estimate of drug-likeness (QED) is 0.739. The average Bonchev–Trinajstić information content (AvgIpc) is 2.63. The fourth-order valence-electron chi connectivity index (χ4n) is 1.44. The molecule has 7 nitrogen and oxygen atoms in total. The first kappa shape index (κ1) is 15.1. The van der Waals surface area contributed by atoms with Gasteiger partial charge in [0.15, 0.2) is 0 Å². The number of aliphatic hydroxyl groups excluding tert-OH is 1. The number of hydrogen-bond acceptors (Lipinski definition) is 6. The Balaban J connectivity index is 2.62. The molecule has 0 fully saturated rings. The first-order valence-corrected chi connectivity index (χ1v) is 6.99. The highest BCUT2D eigenvalue weighted by Crippen LogP contribution is 2.10. The molecule has 0 spiro atoms. The summed E-state index contributed by atoms with van der Waals surface area (Å²) in [6.07, 6.45) is -0.853. The van der Waals surface area contributed by atoms with Gasteiger partial charge in [0, 0.05) is 26.8 Å². The fraction of sp³-hybridized carbons (Fsp3) is 0.700. The smallest absolute Gasteiger partial charge is 0.219 e. The van der Waals surface area contributed by atoms with Crippen molar-refractivity contribution in [3.63, 3.8) is 0 Å². The van der Waals surface area contributed by atoms with Gasteiger partial charge in [0.1, 0.15) is 17.2 Å². The SMILES string of the molecule is COCC(O)CN(C)S(=O)(=O)Cc1cc(C)on1. The number of aliphatic hydroxyl groups is 1. The van der Waals surface area contributed by atoms with E-state index in [0.29, 0.717) is 11.5 Å². The van der Waals surface area contributed by atoms with Crippen LogP contribution in [-0.2, 0) is 20.5 Å². The number of methoxy groups -OCH3 is 1. The molecule has 0 aliphatic rings. The summed E-state index contributed by atoms with van der Waals surface area (Å²) in [5, 5.41) is 13.1. The van der Waals surface area contributed by atoms with Gasteiger partial charge in [-0.05, 0) is 6.92 Å². The lowest BCUT2D eigenvalue weighted by atomic mass is 10.4. The molecule has 0 saturated heterocycles. The van der Waals surface area contributed by atoms with Crippen molar-refractivity contribution in [2.75, 3.05) is 27.3 Å². The van der Waals surface area contributed by atoms with Crippen molar-refractivity contribution in [3.8, 4) is 0 Å². The predicted molar refractivity (Wildman–Crippen MR) is 64.4 cm³/mol. The monoisotopic (exact) mass is 278 g/mol. The summed E-state index contributed by atoms with van der Waals surface area (Å²) in [5.74, 6) is 0.308. The van der Waals surface area contributed by atoms with Gasteiger partial charge < -0.3 is 14.4 Å². The standard InChI is InChI=1S/C10H18N2O5S/c1-8-4-9(11-17-8)7-18(14,15)12(2)5-10(13)6-16-3/h4,10,13H,5-7H2,1-3H3. The zero-order chi connectivity index (χ0) is 13.8. The fourth-order valence-corrected chi connectivity index (χ4v) is 2.57. The summed E-state index contributed by atoms with van der Waals surface area (Å²) in [7, 11) is -0.674. The van der Waals surface area contributed by atoms with Crippen molar-refractivity contribution in [3.05, 3.63) is 17.5 Å². The van der Waals surface area contributed by atoms with E-state index in [1.807, 2.05) is 0 Å². The molecule has 18 heavy (non-hydrogen) atoms. The van der Waals surface area contributed by atoms with Crippen molar-refractivity contribution in [1.82, 2.24) is 9.46 Å². The summed E-state index contributed by atoms with van der Waals surface area (Å²) >= 11 is 0. The third kappa shape index (κ3) is 4.37. The highest BCUT2D eigenvalue weighted by atomic mass is 32.2. The predicted octanol–water partition coefficient (Wildman–Crippen LogP) is -0.248. The molecule has 0 amide bonds. The Morgan fingerprint density at radius 3 is 2.78 bits per heavy atom. The molecule has 1 aromatic rings. The third-order valence-electron chi connectivity index (χ3n) is 2.31. The second kappa shape index (κ2) is 6.28. The van der Waals surface area contributed by atoms with Crippen molar-refractivity contribution in [2.24, 2.45) is 0 Å². The van der Waals surface area contributed by atoms with Crippen LogP contribution in [0, 0.1) is 6.92 Å². The Morgan fingerprint density at radius 1 is 1.61 bits per heavy atom. The Kier molecular flexibility index (Phi) is 5.27. The van der Waals surface area contributed by atoms with Crippen LogP contribution in [-0.4, -0.2) is 56.4 Å². The van der Waals surface area contributed by atoms with E-state index in [1.165, 1.54) is 14.2 Å². The normalized spacial score (nSPS) is 14.1. The van der Waals surface area contributed by atoms with Gasteiger partial charge >= 0.3 is 0 Å². The van der Waals surface area contributed by atoms with Gasteiger partial charge in [0.2, 0.25) is 10.0 Å². The maximum Gasteiger partial charge on any atom is 0.219 e. The molecule has 1 aromatic heterocycles. The van der Waals surface area contributed by atoms with Gasteiger partial charge in [0.05, 0.1) is 12.7 Å². The first-order chi connectivity index (χ1) is 8.35. The maximum absolute atomic E-state index is 11.9.